The smallest absolute Gasteiger partial charge is 0.286 e. The maximum atomic E-state index is 11.5. The van der Waals surface area contributed by atoms with E-state index in [0.717, 1.165) is 28.0 Å². The van der Waals surface area contributed by atoms with Crippen LogP contribution in [0.2, 0.25) is 0 Å². The number of hydrogen-bond donors (Lipinski definition) is 0. The number of rotatable bonds is 1. The summed E-state index contributed by atoms with van der Waals surface area (Å²) in [5.74, 6) is 0. The Labute approximate surface area is 97.5 Å². The number of amides is 1. The highest BCUT2D eigenvalue weighted by Crippen LogP contribution is 2.19. The largest absolute Gasteiger partial charge is 0.339 e. The van der Waals surface area contributed by atoms with Crippen molar-refractivity contribution in [3.63, 3.8) is 0 Å². The van der Waals surface area contributed by atoms with Crippen LogP contribution in [0, 0.1) is 6.92 Å². The summed E-state index contributed by atoms with van der Waals surface area (Å²) in [6, 6.07) is 1.89. The lowest BCUT2D eigenvalue weighted by Crippen LogP contribution is -2.16. The number of carbonyl (C=O) groups is 1. The molecule has 84 valence electrons. The molecule has 2 aromatic heterocycles. The average molecular weight is 236 g/mol. The summed E-state index contributed by atoms with van der Waals surface area (Å²) in [6.45, 7) is 1.91. The van der Waals surface area contributed by atoms with E-state index in [1.165, 1.54) is 4.90 Å². The van der Waals surface area contributed by atoms with Crippen LogP contribution in [-0.4, -0.2) is 38.8 Å². The molecule has 0 aliphatic heterocycles. The highest BCUT2D eigenvalue weighted by atomic mass is 32.2. The maximum Gasteiger partial charge on any atom is 0.286 e. The number of aromatic nitrogens is 3. The lowest BCUT2D eigenvalue weighted by Gasteiger charge is -2.08. The molecule has 0 saturated carbocycles. The highest BCUT2D eigenvalue weighted by Gasteiger charge is 2.08. The molecule has 0 aliphatic carbocycles. The zero-order valence-corrected chi connectivity index (χ0v) is 10.2. The number of aryl methyl sites for hydroxylation is 1. The molecule has 6 heteroatoms. The van der Waals surface area contributed by atoms with Gasteiger partial charge < -0.3 is 4.90 Å². The van der Waals surface area contributed by atoms with Crippen molar-refractivity contribution >= 4 is 22.6 Å². The minimum atomic E-state index is -0.0231. The zero-order chi connectivity index (χ0) is 11.7. The van der Waals surface area contributed by atoms with E-state index in [9.17, 15) is 4.79 Å². The zero-order valence-electron chi connectivity index (χ0n) is 9.34. The van der Waals surface area contributed by atoms with Gasteiger partial charge in [-0.25, -0.2) is 9.50 Å². The van der Waals surface area contributed by atoms with Gasteiger partial charge in [-0.2, -0.15) is 5.10 Å². The van der Waals surface area contributed by atoms with Gasteiger partial charge in [0.1, 0.15) is 0 Å². The molecule has 0 aromatic carbocycles. The van der Waals surface area contributed by atoms with Crippen molar-refractivity contribution in [1.82, 2.24) is 19.5 Å². The average Bonchev–Trinajstić information content (AvgIpc) is 2.57. The molecule has 5 nitrogen and oxygen atoms in total. The topological polar surface area (TPSA) is 50.5 Å². The molecule has 0 unspecified atom stereocenters. The van der Waals surface area contributed by atoms with Crippen LogP contribution in [0.3, 0.4) is 0 Å². The monoisotopic (exact) mass is 236 g/mol. The summed E-state index contributed by atoms with van der Waals surface area (Å²) in [7, 11) is 3.44. The van der Waals surface area contributed by atoms with E-state index in [4.69, 9.17) is 0 Å². The lowest BCUT2D eigenvalue weighted by molar-refractivity contribution is 0.241. The predicted octanol–water partition coefficient (Wildman–Crippen LogP) is 1.81. The first kappa shape index (κ1) is 10.9. The first-order valence-electron chi connectivity index (χ1n) is 4.77. The van der Waals surface area contributed by atoms with Gasteiger partial charge in [0.15, 0.2) is 5.65 Å². The maximum absolute atomic E-state index is 11.5. The predicted molar refractivity (Wildman–Crippen MR) is 62.7 cm³/mol. The summed E-state index contributed by atoms with van der Waals surface area (Å²) in [5, 5.41) is 4.22. The molecule has 0 fully saturated rings. The Bertz CT molecular complexity index is 535. The molecular weight excluding hydrogens is 224 g/mol. The Hall–Kier alpha value is -1.56. The van der Waals surface area contributed by atoms with Crippen molar-refractivity contribution < 1.29 is 4.79 Å². The normalized spacial score (nSPS) is 10.7. The molecule has 0 N–H and O–H groups in total. The van der Waals surface area contributed by atoms with Crippen molar-refractivity contribution in [1.29, 1.82) is 0 Å². The fourth-order valence-corrected chi connectivity index (χ4v) is 1.87. The molecule has 2 heterocycles. The molecule has 0 radical (unpaired) electrons. The van der Waals surface area contributed by atoms with Gasteiger partial charge in [0, 0.05) is 32.6 Å². The third-order valence-corrected chi connectivity index (χ3v) is 2.97. The molecule has 0 atom stereocenters. The quantitative estimate of drug-likeness (QED) is 0.709. The van der Waals surface area contributed by atoms with Crippen LogP contribution >= 0.6 is 11.8 Å². The minimum absolute atomic E-state index is 0.0231. The van der Waals surface area contributed by atoms with Crippen LogP contribution < -0.4 is 0 Å². The second kappa shape index (κ2) is 4.13. The van der Waals surface area contributed by atoms with Gasteiger partial charge in [-0.1, -0.05) is 0 Å². The van der Waals surface area contributed by atoms with Crippen LogP contribution in [0.1, 0.15) is 5.69 Å². The van der Waals surface area contributed by atoms with Crippen LogP contribution in [0.15, 0.2) is 23.4 Å². The third kappa shape index (κ3) is 2.16. The summed E-state index contributed by atoms with van der Waals surface area (Å²) in [5.41, 5.74) is 1.70. The van der Waals surface area contributed by atoms with E-state index < -0.39 is 0 Å². The highest BCUT2D eigenvalue weighted by molar-refractivity contribution is 8.13. The van der Waals surface area contributed by atoms with E-state index in [-0.39, 0.29) is 5.24 Å². The number of carbonyl (C=O) groups excluding carboxylic acids is 1. The van der Waals surface area contributed by atoms with Gasteiger partial charge in [-0.3, -0.25) is 4.79 Å². The second-order valence-electron chi connectivity index (χ2n) is 3.64. The molecule has 16 heavy (non-hydrogen) atoms. The van der Waals surface area contributed by atoms with E-state index in [1.54, 1.807) is 31.0 Å². The van der Waals surface area contributed by atoms with E-state index in [0.29, 0.717) is 0 Å². The number of hydrogen-bond acceptors (Lipinski definition) is 4. The number of fused-ring (bicyclic) bond motifs is 1. The van der Waals surface area contributed by atoms with Gasteiger partial charge in [0.05, 0.1) is 10.6 Å². The van der Waals surface area contributed by atoms with Gasteiger partial charge >= 0.3 is 0 Å². The van der Waals surface area contributed by atoms with Crippen molar-refractivity contribution in [3.05, 3.63) is 24.2 Å². The Morgan fingerprint density at radius 2 is 2.25 bits per heavy atom. The van der Waals surface area contributed by atoms with Gasteiger partial charge in [0.2, 0.25) is 0 Å². The van der Waals surface area contributed by atoms with Crippen molar-refractivity contribution in [2.24, 2.45) is 0 Å². The molecule has 0 saturated heterocycles. The van der Waals surface area contributed by atoms with E-state index >= 15 is 0 Å². The molecule has 0 aliphatic rings. The Morgan fingerprint density at radius 1 is 1.50 bits per heavy atom. The number of nitrogens with zero attached hydrogens (tertiary/aromatic N) is 4. The van der Waals surface area contributed by atoms with Crippen LogP contribution in [0.25, 0.3) is 5.65 Å². The van der Waals surface area contributed by atoms with Gasteiger partial charge in [-0.15, -0.1) is 0 Å². The minimum Gasteiger partial charge on any atom is -0.339 e. The molecule has 1 amide bonds. The number of thioether (sulfide) groups is 1. The summed E-state index contributed by atoms with van der Waals surface area (Å²) in [6.07, 6.45) is 3.49. The fourth-order valence-electron chi connectivity index (χ4n) is 1.22. The first-order valence-corrected chi connectivity index (χ1v) is 5.59. The van der Waals surface area contributed by atoms with Crippen molar-refractivity contribution in [3.8, 4) is 0 Å². The van der Waals surface area contributed by atoms with Crippen molar-refractivity contribution in [2.45, 2.75) is 11.8 Å². The molecular formula is C10H12N4OS. The summed E-state index contributed by atoms with van der Waals surface area (Å²) in [4.78, 5) is 18.0. The van der Waals surface area contributed by atoms with Crippen LogP contribution in [-0.2, 0) is 0 Å². The van der Waals surface area contributed by atoms with Crippen molar-refractivity contribution in [2.75, 3.05) is 14.1 Å². The molecule has 2 rings (SSSR count). The summed E-state index contributed by atoms with van der Waals surface area (Å²) < 4.78 is 1.68. The molecule has 2 aromatic rings. The van der Waals surface area contributed by atoms with Crippen LogP contribution in [0.4, 0.5) is 4.79 Å². The summed E-state index contributed by atoms with van der Waals surface area (Å²) >= 11 is 1.14. The standard InChI is InChI=1S/C10H12N4OS/c1-7-4-9-11-5-8(6-14(9)12-7)16-10(15)13(2)3/h4-6H,1-3H3. The SMILES string of the molecule is Cc1cc2ncc(SC(=O)N(C)C)cn2n1. The molecule has 0 spiro atoms. The van der Waals surface area contributed by atoms with Gasteiger partial charge in [-0.05, 0) is 18.7 Å². The Balaban J connectivity index is 2.29. The Kier molecular flexibility index (Phi) is 2.82. The van der Waals surface area contributed by atoms with E-state index in [2.05, 4.69) is 10.1 Å². The van der Waals surface area contributed by atoms with Crippen LogP contribution in [0.5, 0.6) is 0 Å². The third-order valence-electron chi connectivity index (χ3n) is 1.98. The van der Waals surface area contributed by atoms with Gasteiger partial charge in [0.25, 0.3) is 5.24 Å². The fraction of sp³-hybridized carbons (Fsp3) is 0.300. The second-order valence-corrected chi connectivity index (χ2v) is 4.67. The molecule has 0 bridgehead atoms. The Morgan fingerprint density at radius 3 is 2.94 bits per heavy atom. The first-order chi connectivity index (χ1) is 7.56. The van der Waals surface area contributed by atoms with E-state index in [1.807, 2.05) is 13.0 Å². The lowest BCUT2D eigenvalue weighted by atomic mass is 10.5.